The molecule has 1 aromatic carbocycles. The van der Waals surface area contributed by atoms with E-state index in [2.05, 4.69) is 9.72 Å². The van der Waals surface area contributed by atoms with Crippen LogP contribution in [0.15, 0.2) is 30.3 Å². The summed E-state index contributed by atoms with van der Waals surface area (Å²) in [6.45, 7) is 1.68. The highest BCUT2D eigenvalue weighted by molar-refractivity contribution is 7.16. The predicted octanol–water partition coefficient (Wildman–Crippen LogP) is 2.11. The fraction of sp³-hybridized carbons (Fsp3) is 0.312. The number of nitrogens with one attached hydrogen (secondary N) is 1. The van der Waals surface area contributed by atoms with Crippen molar-refractivity contribution >= 4 is 28.2 Å². The highest BCUT2D eigenvalue weighted by Crippen LogP contribution is 2.43. The molecule has 0 spiro atoms. The van der Waals surface area contributed by atoms with Crippen LogP contribution >= 0.6 is 11.3 Å². The van der Waals surface area contributed by atoms with E-state index in [4.69, 9.17) is 0 Å². The Bertz CT molecular complexity index is 808. The van der Waals surface area contributed by atoms with Crippen molar-refractivity contribution in [3.05, 3.63) is 46.6 Å². The van der Waals surface area contributed by atoms with Crippen LogP contribution in [0, 0.1) is 0 Å². The van der Waals surface area contributed by atoms with E-state index in [0.29, 0.717) is 11.4 Å². The third-order valence-electron chi connectivity index (χ3n) is 3.60. The van der Waals surface area contributed by atoms with Gasteiger partial charge in [-0.05, 0) is 6.42 Å². The minimum absolute atomic E-state index is 0.328. The number of alkyl halides is 3. The summed E-state index contributed by atoms with van der Waals surface area (Å²) in [6.07, 6.45) is -4.76. The van der Waals surface area contributed by atoms with E-state index >= 15 is 0 Å². The fourth-order valence-corrected chi connectivity index (χ4v) is 3.24. The third-order valence-corrected chi connectivity index (χ3v) is 4.71. The zero-order chi connectivity index (χ0) is 19.5. The molecule has 2 aromatic rings. The maximum Gasteiger partial charge on any atom is 0.430 e. The summed E-state index contributed by atoms with van der Waals surface area (Å²) in [6, 6.07) is 6.34. The summed E-state index contributed by atoms with van der Waals surface area (Å²) in [5.41, 5.74) is -4.38. The molecule has 1 N–H and O–H groups in total. The maximum atomic E-state index is 13.8. The number of aryl methyl sites for hydroxylation is 1. The molecule has 0 aliphatic heterocycles. The first-order valence-corrected chi connectivity index (χ1v) is 8.18. The number of thiazole rings is 1. The maximum absolute atomic E-state index is 13.8. The van der Waals surface area contributed by atoms with E-state index in [9.17, 15) is 27.9 Å². The number of halogens is 3. The molecule has 10 heteroatoms. The second kappa shape index (κ2) is 7.42. The van der Waals surface area contributed by atoms with Crippen LogP contribution in [0.5, 0.6) is 0 Å². The van der Waals surface area contributed by atoms with E-state index in [0.717, 1.165) is 30.6 Å². The molecule has 2 rings (SSSR count). The van der Waals surface area contributed by atoms with Gasteiger partial charge in [0.2, 0.25) is 0 Å². The van der Waals surface area contributed by atoms with Crippen molar-refractivity contribution < 1.29 is 32.6 Å². The molecule has 0 fully saturated rings. The normalized spacial score (nSPS) is 13.9. The Morgan fingerprint density at radius 3 is 2.35 bits per heavy atom. The number of aromatic carboxylic acids is 1. The van der Waals surface area contributed by atoms with Gasteiger partial charge in [0, 0.05) is 12.7 Å². The minimum Gasteiger partial charge on any atom is -0.543 e. The molecule has 1 unspecified atom stereocenters. The van der Waals surface area contributed by atoms with Gasteiger partial charge in [-0.25, -0.2) is 4.98 Å². The number of methoxy groups -OCH3 is 1. The summed E-state index contributed by atoms with van der Waals surface area (Å²) in [7, 11) is 0.754. The largest absolute Gasteiger partial charge is 0.543 e. The number of amides is 1. The predicted molar refractivity (Wildman–Crippen MR) is 85.6 cm³/mol. The number of carboxylic acids is 1. The Morgan fingerprint density at radius 2 is 1.88 bits per heavy atom. The van der Waals surface area contributed by atoms with Gasteiger partial charge in [-0.15, -0.1) is 11.3 Å². The number of carbonyl (C=O) groups excluding carboxylic acids is 2. The monoisotopic (exact) mass is 387 g/mol. The van der Waals surface area contributed by atoms with Crippen molar-refractivity contribution in [2.75, 3.05) is 12.4 Å². The molecule has 1 heterocycles. The second-order valence-electron chi connectivity index (χ2n) is 5.13. The Morgan fingerprint density at radius 1 is 1.27 bits per heavy atom. The third kappa shape index (κ3) is 3.42. The van der Waals surface area contributed by atoms with E-state index in [1.54, 1.807) is 6.92 Å². The average Bonchev–Trinajstić information content (AvgIpc) is 2.99. The SMILES string of the molecule is CCc1nc(C(=O)[O-])c(NC(=O)C(OC)(c2ccccc2)C(F)(F)F)s1. The molecule has 0 saturated carbocycles. The van der Waals surface area contributed by atoms with Gasteiger partial charge in [0.15, 0.2) is 0 Å². The van der Waals surface area contributed by atoms with Crippen molar-refractivity contribution in [1.82, 2.24) is 4.98 Å². The van der Waals surface area contributed by atoms with Crippen LogP contribution in [0.2, 0.25) is 0 Å². The van der Waals surface area contributed by atoms with Crippen molar-refractivity contribution in [3.63, 3.8) is 0 Å². The molecule has 0 aliphatic carbocycles. The summed E-state index contributed by atoms with van der Waals surface area (Å²) < 4.78 is 46.1. The van der Waals surface area contributed by atoms with Gasteiger partial charge in [0.05, 0.1) is 11.0 Å². The first-order valence-electron chi connectivity index (χ1n) is 7.37. The van der Waals surface area contributed by atoms with Crippen LogP contribution in [-0.4, -0.2) is 30.1 Å². The van der Waals surface area contributed by atoms with Gasteiger partial charge in [0.25, 0.3) is 11.5 Å². The molecular weight excluding hydrogens is 373 g/mol. The van der Waals surface area contributed by atoms with E-state index < -0.39 is 34.9 Å². The number of nitrogens with zero attached hydrogens (tertiary/aromatic N) is 1. The summed E-state index contributed by atoms with van der Waals surface area (Å²) >= 11 is 0.762. The molecule has 26 heavy (non-hydrogen) atoms. The lowest BCUT2D eigenvalue weighted by molar-refractivity contribution is -0.263. The number of aromatic nitrogens is 1. The molecule has 0 saturated heterocycles. The molecule has 140 valence electrons. The smallest absolute Gasteiger partial charge is 0.430 e. The lowest BCUT2D eigenvalue weighted by Crippen LogP contribution is -2.53. The van der Waals surface area contributed by atoms with Gasteiger partial charge in [-0.3, -0.25) is 4.79 Å². The van der Waals surface area contributed by atoms with Crippen molar-refractivity contribution in [1.29, 1.82) is 0 Å². The molecule has 6 nitrogen and oxygen atoms in total. The minimum atomic E-state index is -5.10. The quantitative estimate of drug-likeness (QED) is 0.820. The number of hydrogen-bond acceptors (Lipinski definition) is 6. The molecule has 0 bridgehead atoms. The number of benzene rings is 1. The Kier molecular flexibility index (Phi) is 5.67. The van der Waals surface area contributed by atoms with E-state index in [1.807, 2.05) is 5.32 Å². The van der Waals surface area contributed by atoms with Crippen molar-refractivity contribution in [3.8, 4) is 0 Å². The standard InChI is InChI=1S/C16H15F3N2O4S/c1-3-10-20-11(13(22)23)12(26-10)21-14(24)15(25-2,16(17,18)19)9-7-5-4-6-8-9/h4-8H,3H2,1-2H3,(H,21,24)(H,22,23)/p-1. The van der Waals surface area contributed by atoms with Crippen LogP contribution in [-0.2, 0) is 21.6 Å². The van der Waals surface area contributed by atoms with Gasteiger partial charge >= 0.3 is 6.18 Å². The zero-order valence-corrected chi connectivity index (χ0v) is 14.5. The lowest BCUT2D eigenvalue weighted by Gasteiger charge is -2.33. The highest BCUT2D eigenvalue weighted by atomic mass is 32.1. The van der Waals surface area contributed by atoms with Gasteiger partial charge in [-0.1, -0.05) is 37.3 Å². The van der Waals surface area contributed by atoms with Crippen LogP contribution in [0.25, 0.3) is 0 Å². The molecule has 0 aliphatic rings. The molecular formula is C16H14F3N2O4S-. The second-order valence-corrected chi connectivity index (χ2v) is 6.21. The van der Waals surface area contributed by atoms with Gasteiger partial charge < -0.3 is 20.0 Å². The number of carbonyl (C=O) groups is 2. The van der Waals surface area contributed by atoms with Crippen molar-refractivity contribution in [2.45, 2.75) is 25.1 Å². The van der Waals surface area contributed by atoms with Crippen LogP contribution in [0.4, 0.5) is 18.2 Å². The first kappa shape index (κ1) is 19.9. The number of rotatable bonds is 6. The molecule has 0 radical (unpaired) electrons. The van der Waals surface area contributed by atoms with Crippen LogP contribution in [0.3, 0.4) is 0 Å². The molecule has 1 amide bonds. The number of ether oxygens (including phenoxy) is 1. The summed E-state index contributed by atoms with van der Waals surface area (Å²) in [5, 5.41) is 13.1. The number of anilines is 1. The topological polar surface area (TPSA) is 91.4 Å². The highest BCUT2D eigenvalue weighted by Gasteiger charge is 2.62. The zero-order valence-electron chi connectivity index (χ0n) is 13.7. The Balaban J connectivity index is 2.53. The Labute approximate surface area is 150 Å². The molecule has 1 atom stereocenters. The van der Waals surface area contributed by atoms with Crippen LogP contribution in [0.1, 0.15) is 28.0 Å². The fourth-order valence-electron chi connectivity index (χ4n) is 2.35. The summed E-state index contributed by atoms with van der Waals surface area (Å²) in [4.78, 5) is 27.5. The van der Waals surface area contributed by atoms with Crippen molar-refractivity contribution in [2.24, 2.45) is 0 Å². The van der Waals surface area contributed by atoms with E-state index in [-0.39, 0.29) is 5.00 Å². The molecule has 1 aromatic heterocycles. The Hall–Kier alpha value is -2.46. The van der Waals surface area contributed by atoms with Gasteiger partial charge in [0.1, 0.15) is 10.7 Å². The van der Waals surface area contributed by atoms with E-state index in [1.165, 1.54) is 18.2 Å². The number of carboxylic acid groups (broad SMARTS) is 1. The number of hydrogen-bond donors (Lipinski definition) is 1. The van der Waals surface area contributed by atoms with Gasteiger partial charge in [-0.2, -0.15) is 13.2 Å². The average molecular weight is 387 g/mol. The lowest BCUT2D eigenvalue weighted by atomic mass is 9.91. The van der Waals surface area contributed by atoms with Crippen LogP contribution < -0.4 is 10.4 Å². The first-order chi connectivity index (χ1) is 12.2. The summed E-state index contributed by atoms with van der Waals surface area (Å²) in [5.74, 6) is -3.28.